The summed E-state index contributed by atoms with van der Waals surface area (Å²) in [5.74, 6) is 1.54. The Morgan fingerprint density at radius 1 is 0.696 bits per heavy atom. The van der Waals surface area contributed by atoms with Crippen LogP contribution in [0, 0.1) is 5.82 Å². The van der Waals surface area contributed by atoms with Crippen LogP contribution >= 0.6 is 34.3 Å². The first-order valence-electron chi connectivity index (χ1n) is 17.8. The summed E-state index contributed by atoms with van der Waals surface area (Å²) in [7, 11) is 6.18. The molecule has 2 aromatic heterocycles. The summed E-state index contributed by atoms with van der Waals surface area (Å²) in [6.07, 6.45) is 1.64. The molecule has 56 heavy (non-hydrogen) atoms. The molecule has 8 rings (SSSR count). The summed E-state index contributed by atoms with van der Waals surface area (Å²) >= 11 is 9.19. The second kappa shape index (κ2) is 17.2. The number of hydrogen-bond donors (Lipinski definition) is 2. The molecule has 16 heteroatoms. The van der Waals surface area contributed by atoms with E-state index in [4.69, 9.17) is 30.5 Å². The molecule has 12 nitrogen and oxygen atoms in total. The molecule has 2 fully saturated rings. The predicted octanol–water partition coefficient (Wildman–Crippen LogP) is 8.07. The average Bonchev–Trinajstić information content (AvgIpc) is 4.04. The van der Waals surface area contributed by atoms with Crippen LogP contribution < -0.4 is 29.6 Å². The maximum absolute atomic E-state index is 13.4. The fourth-order valence-electron chi connectivity index (χ4n) is 6.85. The lowest BCUT2D eigenvalue weighted by molar-refractivity contribution is 0.0776. The van der Waals surface area contributed by atoms with E-state index < -0.39 is 0 Å². The summed E-state index contributed by atoms with van der Waals surface area (Å²) < 4.78 is 36.7. The van der Waals surface area contributed by atoms with Gasteiger partial charge in [-0.2, -0.15) is 0 Å². The van der Waals surface area contributed by atoms with E-state index in [0.29, 0.717) is 65.3 Å². The second-order valence-corrected chi connectivity index (χ2v) is 15.5. The average molecular weight is 819 g/mol. The predicted molar refractivity (Wildman–Crippen MR) is 219 cm³/mol. The van der Waals surface area contributed by atoms with Crippen LogP contribution in [0.4, 0.5) is 14.7 Å². The Labute approximate surface area is 336 Å². The highest BCUT2D eigenvalue weighted by atomic mass is 35.5. The van der Waals surface area contributed by atoms with Crippen LogP contribution in [0.25, 0.3) is 20.4 Å². The molecular formula is C40H40ClFN6O6S2. The fraction of sp³-hybridized carbons (Fsp3) is 0.300. The van der Waals surface area contributed by atoms with Crippen molar-refractivity contribution in [1.29, 1.82) is 0 Å². The molecule has 2 saturated heterocycles. The number of para-hydroxylation sites is 1. The van der Waals surface area contributed by atoms with E-state index in [1.807, 2.05) is 23.1 Å². The summed E-state index contributed by atoms with van der Waals surface area (Å²) in [6.45, 7) is 2.41. The SMILES string of the molecule is COc1cccc(OC)c1C(=O)N1CC[C@@H](Nc2nc3c(Cl)cccc3s2)C1.COc1cccc(OC)c1C(=O)N1CC[C@@H](Nc2nc3ccc(F)cc3s2)C1. The largest absolute Gasteiger partial charge is 0.496 e. The number of aromatic nitrogens is 2. The maximum Gasteiger partial charge on any atom is 0.261 e. The number of carbonyl (C=O) groups is 2. The Balaban J connectivity index is 0.000000172. The maximum atomic E-state index is 13.4. The number of carbonyl (C=O) groups excluding carboxylic acids is 2. The first-order chi connectivity index (χ1) is 27.2. The third-order valence-corrected chi connectivity index (χ3v) is 11.8. The highest BCUT2D eigenvalue weighted by molar-refractivity contribution is 7.22. The lowest BCUT2D eigenvalue weighted by atomic mass is 10.1. The number of methoxy groups -OCH3 is 4. The number of rotatable bonds is 10. The molecule has 4 aromatic carbocycles. The summed E-state index contributed by atoms with van der Waals surface area (Å²) in [6, 6.07) is 21.2. The van der Waals surface area contributed by atoms with E-state index in [1.165, 1.54) is 37.7 Å². The summed E-state index contributed by atoms with van der Waals surface area (Å²) in [5, 5.41) is 9.01. The highest BCUT2D eigenvalue weighted by Gasteiger charge is 2.32. The first-order valence-corrected chi connectivity index (χ1v) is 19.9. The van der Waals surface area contributed by atoms with Crippen molar-refractivity contribution in [2.24, 2.45) is 0 Å². The number of nitrogens with zero attached hydrogens (tertiary/aromatic N) is 4. The van der Waals surface area contributed by atoms with Crippen LogP contribution in [0.1, 0.15) is 33.6 Å². The van der Waals surface area contributed by atoms with Crippen molar-refractivity contribution >= 4 is 76.8 Å². The third-order valence-electron chi connectivity index (χ3n) is 9.61. The molecular weight excluding hydrogens is 779 g/mol. The van der Waals surface area contributed by atoms with E-state index in [1.54, 1.807) is 72.9 Å². The molecule has 0 bridgehead atoms. The number of halogens is 2. The van der Waals surface area contributed by atoms with Gasteiger partial charge in [-0.25, -0.2) is 14.4 Å². The van der Waals surface area contributed by atoms with Gasteiger partial charge in [0, 0.05) is 38.3 Å². The molecule has 292 valence electrons. The first kappa shape index (κ1) is 38.9. The zero-order valence-electron chi connectivity index (χ0n) is 31.1. The Kier molecular flexibility index (Phi) is 11.9. The van der Waals surface area contributed by atoms with Gasteiger partial charge >= 0.3 is 0 Å². The van der Waals surface area contributed by atoms with Gasteiger partial charge in [-0.15, -0.1) is 0 Å². The Morgan fingerprint density at radius 2 is 1.18 bits per heavy atom. The second-order valence-electron chi connectivity index (χ2n) is 13.1. The van der Waals surface area contributed by atoms with Gasteiger partial charge < -0.3 is 39.4 Å². The van der Waals surface area contributed by atoms with Crippen molar-refractivity contribution in [1.82, 2.24) is 19.8 Å². The molecule has 0 radical (unpaired) electrons. The number of likely N-dealkylation sites (tertiary alicyclic amines) is 2. The van der Waals surface area contributed by atoms with Crippen molar-refractivity contribution in [3.63, 3.8) is 0 Å². The van der Waals surface area contributed by atoms with Crippen molar-refractivity contribution in [2.45, 2.75) is 24.9 Å². The standard InChI is InChI=1S/C20H20ClN3O3S.C20H20FN3O3S/c1-26-14-6-4-7-15(27-2)17(14)19(25)24-10-9-12(11-24)22-20-23-18-13(21)5-3-8-16(18)28-20;1-26-15-4-3-5-16(27-2)18(15)19(25)24-9-8-13(11-24)22-20-23-14-7-6-12(21)10-17(14)28-20/h3-8,12H,9-11H2,1-2H3,(H,22,23);3-7,10,13H,8-9,11H2,1-2H3,(H,22,23)/t12-;13-/m11/s1. The minimum absolute atomic E-state index is 0.0788. The smallest absolute Gasteiger partial charge is 0.261 e. The molecule has 2 aliphatic heterocycles. The normalized spacial score (nSPS) is 16.4. The Morgan fingerprint density at radius 3 is 1.68 bits per heavy atom. The lowest BCUT2D eigenvalue weighted by Gasteiger charge is -2.20. The van der Waals surface area contributed by atoms with Gasteiger partial charge in [-0.05, 0) is 67.4 Å². The van der Waals surface area contributed by atoms with Gasteiger partial charge in [-0.1, -0.05) is 52.5 Å². The van der Waals surface area contributed by atoms with Crippen molar-refractivity contribution in [2.75, 3.05) is 65.3 Å². The van der Waals surface area contributed by atoms with E-state index in [-0.39, 0.29) is 29.7 Å². The van der Waals surface area contributed by atoms with Crippen molar-refractivity contribution < 1.29 is 32.9 Å². The minimum atomic E-state index is -0.272. The van der Waals surface area contributed by atoms with Crippen LogP contribution in [-0.4, -0.2) is 98.3 Å². The molecule has 0 spiro atoms. The third kappa shape index (κ3) is 8.25. The number of fused-ring (bicyclic) bond motifs is 2. The Hall–Kier alpha value is -5.38. The number of amides is 2. The van der Waals surface area contributed by atoms with Gasteiger partial charge in [-0.3, -0.25) is 9.59 Å². The molecule has 0 aliphatic carbocycles. The summed E-state index contributed by atoms with van der Waals surface area (Å²) in [4.78, 5) is 38.9. The quantitative estimate of drug-likeness (QED) is 0.140. The molecule has 2 aliphatic rings. The van der Waals surface area contributed by atoms with Crippen LogP contribution in [-0.2, 0) is 0 Å². The molecule has 6 aromatic rings. The lowest BCUT2D eigenvalue weighted by Crippen LogP contribution is -2.32. The van der Waals surface area contributed by atoms with Crippen molar-refractivity contribution in [3.05, 3.63) is 94.8 Å². The zero-order chi connectivity index (χ0) is 39.3. The number of anilines is 2. The molecule has 2 amide bonds. The minimum Gasteiger partial charge on any atom is -0.496 e. The summed E-state index contributed by atoms with van der Waals surface area (Å²) in [5.41, 5.74) is 2.46. The van der Waals surface area contributed by atoms with Gasteiger partial charge in [0.05, 0.1) is 48.4 Å². The monoisotopic (exact) mass is 818 g/mol. The number of benzene rings is 4. The van der Waals surface area contributed by atoms with E-state index in [9.17, 15) is 14.0 Å². The van der Waals surface area contributed by atoms with Crippen molar-refractivity contribution in [3.8, 4) is 23.0 Å². The van der Waals surface area contributed by atoms with Gasteiger partial charge in [0.15, 0.2) is 10.3 Å². The van der Waals surface area contributed by atoms with Crippen LogP contribution in [0.2, 0.25) is 5.02 Å². The molecule has 4 heterocycles. The van der Waals surface area contributed by atoms with Gasteiger partial charge in [0.1, 0.15) is 45.5 Å². The van der Waals surface area contributed by atoms with Gasteiger partial charge in [0.2, 0.25) is 0 Å². The molecule has 2 N–H and O–H groups in total. The number of hydrogen-bond acceptors (Lipinski definition) is 12. The zero-order valence-corrected chi connectivity index (χ0v) is 33.5. The van der Waals surface area contributed by atoms with Crippen LogP contribution in [0.15, 0.2) is 72.8 Å². The number of ether oxygens (including phenoxy) is 4. The van der Waals surface area contributed by atoms with E-state index in [0.717, 1.165) is 43.5 Å². The van der Waals surface area contributed by atoms with Crippen LogP contribution in [0.3, 0.4) is 0 Å². The topological polar surface area (TPSA) is 127 Å². The van der Waals surface area contributed by atoms with E-state index in [2.05, 4.69) is 20.6 Å². The Bertz CT molecular complexity index is 2330. The molecule has 0 saturated carbocycles. The fourth-order valence-corrected chi connectivity index (χ4v) is 9.06. The number of thiazole rings is 2. The molecule has 0 unspecified atom stereocenters. The molecule has 2 atom stereocenters. The number of nitrogens with one attached hydrogen (secondary N) is 2. The van der Waals surface area contributed by atoms with Crippen LogP contribution in [0.5, 0.6) is 23.0 Å². The highest BCUT2D eigenvalue weighted by Crippen LogP contribution is 2.35. The van der Waals surface area contributed by atoms with E-state index >= 15 is 0 Å². The van der Waals surface area contributed by atoms with Gasteiger partial charge in [0.25, 0.3) is 11.8 Å².